The molecule has 3 N–H and O–H groups in total. The van der Waals surface area contributed by atoms with Crippen molar-refractivity contribution in [1.82, 2.24) is 9.55 Å². The first-order valence-electron chi connectivity index (χ1n) is 6.48. The van der Waals surface area contributed by atoms with Gasteiger partial charge in [-0.3, -0.25) is 0 Å². The molecular weight excluding hydrogens is 214 g/mol. The molecule has 0 bridgehead atoms. The number of nitrogens with zero attached hydrogens (tertiary/aromatic N) is 2. The minimum absolute atomic E-state index is 0.0221. The minimum atomic E-state index is -0.509. The minimum Gasteiger partial charge on any atom is -0.394 e. The molecule has 1 heterocycles. The van der Waals surface area contributed by atoms with Crippen molar-refractivity contribution in [3.8, 4) is 0 Å². The highest BCUT2D eigenvalue weighted by molar-refractivity contribution is 5.17. The predicted octanol–water partition coefficient (Wildman–Crippen LogP) is 1.42. The van der Waals surface area contributed by atoms with E-state index in [0.29, 0.717) is 6.04 Å². The Balaban J connectivity index is 2.14. The first-order chi connectivity index (χ1) is 8.03. The van der Waals surface area contributed by atoms with E-state index in [0.717, 1.165) is 19.3 Å². The second-order valence-corrected chi connectivity index (χ2v) is 5.62. The fourth-order valence-electron chi connectivity index (χ4n) is 2.71. The Morgan fingerprint density at radius 2 is 2.24 bits per heavy atom. The van der Waals surface area contributed by atoms with Crippen LogP contribution in [-0.2, 0) is 12.8 Å². The van der Waals surface area contributed by atoms with Crippen molar-refractivity contribution in [1.29, 1.82) is 0 Å². The molecule has 2 atom stereocenters. The molecule has 96 valence electrons. The Morgan fingerprint density at radius 1 is 1.53 bits per heavy atom. The van der Waals surface area contributed by atoms with Crippen LogP contribution in [0, 0.1) is 0 Å². The average molecular weight is 237 g/mol. The molecule has 1 aromatic rings. The van der Waals surface area contributed by atoms with Crippen molar-refractivity contribution in [2.75, 3.05) is 6.61 Å². The zero-order chi connectivity index (χ0) is 12.5. The highest BCUT2D eigenvalue weighted by Crippen LogP contribution is 2.26. The molecule has 0 saturated heterocycles. The standard InChI is InChI=1S/C13H23N3O/c1-10(7-13(2,14)8-17)16-9-15-11-5-3-4-6-12(11)16/h9-10,17H,3-8,14H2,1-2H3. The van der Waals surface area contributed by atoms with Crippen molar-refractivity contribution in [2.24, 2.45) is 5.73 Å². The first-order valence-corrected chi connectivity index (χ1v) is 6.48. The number of nitrogens with two attached hydrogens (primary N) is 1. The molecule has 4 nitrogen and oxygen atoms in total. The quantitative estimate of drug-likeness (QED) is 0.832. The third-order valence-corrected chi connectivity index (χ3v) is 3.66. The molecule has 0 radical (unpaired) electrons. The summed E-state index contributed by atoms with van der Waals surface area (Å²) in [6, 6.07) is 0.298. The molecular formula is C13H23N3O. The summed E-state index contributed by atoms with van der Waals surface area (Å²) < 4.78 is 2.25. The van der Waals surface area contributed by atoms with Gasteiger partial charge < -0.3 is 15.4 Å². The lowest BCUT2D eigenvalue weighted by Crippen LogP contribution is -2.42. The van der Waals surface area contributed by atoms with E-state index in [1.165, 1.54) is 24.2 Å². The Kier molecular flexibility index (Phi) is 3.54. The number of fused-ring (bicyclic) bond motifs is 1. The molecule has 1 aliphatic carbocycles. The number of aliphatic hydroxyl groups excluding tert-OH is 1. The normalized spacial score (nSPS) is 20.7. The fraction of sp³-hybridized carbons (Fsp3) is 0.769. The number of aliphatic hydroxyl groups is 1. The Hall–Kier alpha value is -0.870. The van der Waals surface area contributed by atoms with Gasteiger partial charge in [0.25, 0.3) is 0 Å². The molecule has 0 fully saturated rings. The van der Waals surface area contributed by atoms with Crippen LogP contribution < -0.4 is 5.73 Å². The third-order valence-electron chi connectivity index (χ3n) is 3.66. The van der Waals surface area contributed by atoms with E-state index in [1.54, 1.807) is 0 Å². The summed E-state index contributed by atoms with van der Waals surface area (Å²) in [4.78, 5) is 4.49. The number of aromatic nitrogens is 2. The number of rotatable bonds is 4. The zero-order valence-electron chi connectivity index (χ0n) is 10.8. The van der Waals surface area contributed by atoms with Crippen molar-refractivity contribution in [3.63, 3.8) is 0 Å². The van der Waals surface area contributed by atoms with Crippen molar-refractivity contribution < 1.29 is 5.11 Å². The van der Waals surface area contributed by atoms with Gasteiger partial charge in [0, 0.05) is 17.3 Å². The van der Waals surface area contributed by atoms with E-state index >= 15 is 0 Å². The molecule has 0 saturated carbocycles. The van der Waals surface area contributed by atoms with Crippen LogP contribution in [0.25, 0.3) is 0 Å². The first kappa shape index (κ1) is 12.6. The molecule has 0 aliphatic heterocycles. The van der Waals surface area contributed by atoms with Crippen LogP contribution in [0.1, 0.15) is 50.5 Å². The monoisotopic (exact) mass is 237 g/mol. The molecule has 2 unspecified atom stereocenters. The SMILES string of the molecule is CC(CC(C)(N)CO)n1cnc2c1CCCC2. The van der Waals surface area contributed by atoms with Crippen LogP contribution in [-0.4, -0.2) is 26.8 Å². The van der Waals surface area contributed by atoms with Gasteiger partial charge in [-0.05, 0) is 46.0 Å². The second-order valence-electron chi connectivity index (χ2n) is 5.62. The number of hydrogen-bond donors (Lipinski definition) is 2. The molecule has 0 amide bonds. The zero-order valence-corrected chi connectivity index (χ0v) is 10.8. The van der Waals surface area contributed by atoms with Gasteiger partial charge in [-0.25, -0.2) is 4.98 Å². The predicted molar refractivity (Wildman–Crippen MR) is 67.9 cm³/mol. The molecule has 17 heavy (non-hydrogen) atoms. The van der Waals surface area contributed by atoms with E-state index < -0.39 is 5.54 Å². The lowest BCUT2D eigenvalue weighted by Gasteiger charge is -2.28. The van der Waals surface area contributed by atoms with Crippen molar-refractivity contribution >= 4 is 0 Å². The molecule has 1 aliphatic rings. The molecule has 4 heteroatoms. The Morgan fingerprint density at radius 3 is 2.94 bits per heavy atom. The number of aryl methyl sites for hydroxylation is 1. The van der Waals surface area contributed by atoms with Gasteiger partial charge in [0.1, 0.15) is 0 Å². The Bertz CT molecular complexity index is 384. The van der Waals surface area contributed by atoms with Gasteiger partial charge in [-0.1, -0.05) is 0 Å². The van der Waals surface area contributed by atoms with Crippen molar-refractivity contribution in [2.45, 2.75) is 57.5 Å². The topological polar surface area (TPSA) is 64.1 Å². The van der Waals surface area contributed by atoms with E-state index in [2.05, 4.69) is 16.5 Å². The van der Waals surface area contributed by atoms with Crippen LogP contribution in [0.5, 0.6) is 0 Å². The maximum Gasteiger partial charge on any atom is 0.0954 e. The third kappa shape index (κ3) is 2.69. The van der Waals surface area contributed by atoms with Crippen LogP contribution in [0.15, 0.2) is 6.33 Å². The van der Waals surface area contributed by atoms with E-state index in [-0.39, 0.29) is 6.61 Å². The van der Waals surface area contributed by atoms with Crippen LogP contribution in [0.3, 0.4) is 0 Å². The summed E-state index contributed by atoms with van der Waals surface area (Å²) >= 11 is 0. The molecule has 1 aromatic heterocycles. The number of hydrogen-bond acceptors (Lipinski definition) is 3. The van der Waals surface area contributed by atoms with Gasteiger partial charge in [-0.15, -0.1) is 0 Å². The smallest absolute Gasteiger partial charge is 0.0954 e. The van der Waals surface area contributed by atoms with Crippen LogP contribution >= 0.6 is 0 Å². The summed E-state index contributed by atoms with van der Waals surface area (Å²) in [6.07, 6.45) is 7.45. The van der Waals surface area contributed by atoms with Gasteiger partial charge >= 0.3 is 0 Å². The maximum absolute atomic E-state index is 9.23. The summed E-state index contributed by atoms with van der Waals surface area (Å²) in [5.74, 6) is 0. The molecule has 0 aromatic carbocycles. The van der Waals surface area contributed by atoms with Crippen LogP contribution in [0.2, 0.25) is 0 Å². The lowest BCUT2D eigenvalue weighted by molar-refractivity contribution is 0.184. The lowest BCUT2D eigenvalue weighted by atomic mass is 9.95. The second kappa shape index (κ2) is 4.78. The Labute approximate surface area is 103 Å². The van der Waals surface area contributed by atoms with Gasteiger partial charge in [0.15, 0.2) is 0 Å². The highest BCUT2D eigenvalue weighted by Gasteiger charge is 2.24. The van der Waals surface area contributed by atoms with Crippen LogP contribution in [0.4, 0.5) is 0 Å². The van der Waals surface area contributed by atoms with E-state index in [9.17, 15) is 5.11 Å². The average Bonchev–Trinajstić information content (AvgIpc) is 2.72. The summed E-state index contributed by atoms with van der Waals surface area (Å²) in [7, 11) is 0. The van der Waals surface area contributed by atoms with Gasteiger partial charge in [-0.2, -0.15) is 0 Å². The maximum atomic E-state index is 9.23. The molecule has 0 spiro atoms. The number of imidazole rings is 1. The van der Waals surface area contributed by atoms with Crippen molar-refractivity contribution in [3.05, 3.63) is 17.7 Å². The van der Waals surface area contributed by atoms with E-state index in [4.69, 9.17) is 5.73 Å². The molecule has 2 rings (SSSR count). The summed E-state index contributed by atoms with van der Waals surface area (Å²) in [6.45, 7) is 4.07. The van der Waals surface area contributed by atoms with E-state index in [1.807, 2.05) is 13.3 Å². The largest absolute Gasteiger partial charge is 0.394 e. The summed E-state index contributed by atoms with van der Waals surface area (Å²) in [5, 5.41) is 9.23. The van der Waals surface area contributed by atoms with Gasteiger partial charge in [0.05, 0.1) is 18.6 Å². The van der Waals surface area contributed by atoms with Gasteiger partial charge in [0.2, 0.25) is 0 Å². The summed E-state index contributed by atoms with van der Waals surface area (Å²) in [5.41, 5.74) is 8.13. The fourth-order valence-corrected chi connectivity index (χ4v) is 2.71. The highest BCUT2D eigenvalue weighted by atomic mass is 16.3.